The topological polar surface area (TPSA) is 24.9 Å². The molecule has 0 bridgehead atoms. The van der Waals surface area contributed by atoms with E-state index in [4.69, 9.17) is 0 Å². The van der Waals surface area contributed by atoms with Crippen molar-refractivity contribution in [1.82, 2.24) is 4.98 Å². The molecule has 0 aliphatic rings. The molecule has 0 radical (unpaired) electrons. The molecular formula is C17H18N2S2. The number of thiazole rings is 1. The van der Waals surface area contributed by atoms with Crippen LogP contribution in [0.2, 0.25) is 0 Å². The number of hydrogen-bond donors (Lipinski definition) is 1. The Balaban J connectivity index is 1.70. The molecule has 1 unspecified atom stereocenters. The Bertz CT molecular complexity index is 684. The summed E-state index contributed by atoms with van der Waals surface area (Å²) in [4.78, 5) is 7.16. The number of thiophene rings is 1. The van der Waals surface area contributed by atoms with Gasteiger partial charge in [0.15, 0.2) is 0 Å². The highest BCUT2D eigenvalue weighted by Crippen LogP contribution is 2.28. The molecule has 0 aliphatic heterocycles. The summed E-state index contributed by atoms with van der Waals surface area (Å²) >= 11 is 3.56. The van der Waals surface area contributed by atoms with Crippen molar-refractivity contribution in [2.45, 2.75) is 26.3 Å². The first-order chi connectivity index (χ1) is 10.3. The summed E-state index contributed by atoms with van der Waals surface area (Å²) in [5.41, 5.74) is 2.32. The number of benzene rings is 1. The van der Waals surface area contributed by atoms with Gasteiger partial charge in [0.05, 0.1) is 6.04 Å². The quantitative estimate of drug-likeness (QED) is 0.662. The SMILES string of the molecule is CCc1ccc(C(C)Nc2ccc(-c3nccs3)cc2)s1. The second-order valence-corrected chi connectivity index (χ2v) is 7.03. The summed E-state index contributed by atoms with van der Waals surface area (Å²) < 4.78 is 0. The zero-order chi connectivity index (χ0) is 14.7. The summed E-state index contributed by atoms with van der Waals surface area (Å²) in [6.45, 7) is 4.41. The van der Waals surface area contributed by atoms with Gasteiger partial charge in [-0.05, 0) is 49.7 Å². The maximum atomic E-state index is 4.34. The van der Waals surface area contributed by atoms with E-state index in [9.17, 15) is 0 Å². The molecule has 1 aromatic carbocycles. The van der Waals surface area contributed by atoms with Gasteiger partial charge in [-0.2, -0.15) is 0 Å². The van der Waals surface area contributed by atoms with Gasteiger partial charge in [-0.3, -0.25) is 0 Å². The van der Waals surface area contributed by atoms with E-state index in [1.165, 1.54) is 15.3 Å². The van der Waals surface area contributed by atoms with Crippen molar-refractivity contribution in [3.05, 3.63) is 57.7 Å². The molecule has 2 nitrogen and oxygen atoms in total. The summed E-state index contributed by atoms with van der Waals surface area (Å²) in [6.07, 6.45) is 2.95. The lowest BCUT2D eigenvalue weighted by Crippen LogP contribution is -2.04. The molecule has 2 aromatic heterocycles. The van der Waals surface area contributed by atoms with E-state index in [1.54, 1.807) is 11.3 Å². The van der Waals surface area contributed by atoms with Crippen molar-refractivity contribution in [1.29, 1.82) is 0 Å². The molecule has 2 heterocycles. The number of nitrogens with zero attached hydrogens (tertiary/aromatic N) is 1. The molecule has 3 rings (SSSR count). The van der Waals surface area contributed by atoms with E-state index in [-0.39, 0.29) is 0 Å². The van der Waals surface area contributed by atoms with Crippen LogP contribution < -0.4 is 5.32 Å². The standard InChI is InChI=1S/C17H18N2S2/c1-3-15-8-9-16(21-15)12(2)19-14-6-4-13(5-7-14)17-18-10-11-20-17/h4-12,19H,3H2,1-2H3. The molecule has 0 amide bonds. The Morgan fingerprint density at radius 2 is 1.95 bits per heavy atom. The molecule has 4 heteroatoms. The number of aryl methyl sites for hydroxylation is 1. The number of anilines is 1. The lowest BCUT2D eigenvalue weighted by molar-refractivity contribution is 0.908. The number of hydrogen-bond acceptors (Lipinski definition) is 4. The van der Waals surface area contributed by atoms with Crippen molar-refractivity contribution in [3.63, 3.8) is 0 Å². The molecule has 0 saturated carbocycles. The minimum atomic E-state index is 0.334. The fraction of sp³-hybridized carbons (Fsp3) is 0.235. The maximum Gasteiger partial charge on any atom is 0.123 e. The molecule has 0 aliphatic carbocycles. The van der Waals surface area contributed by atoms with Crippen LogP contribution in [0.4, 0.5) is 5.69 Å². The van der Waals surface area contributed by atoms with Crippen molar-refractivity contribution in [2.24, 2.45) is 0 Å². The van der Waals surface area contributed by atoms with Gasteiger partial charge in [0.25, 0.3) is 0 Å². The third-order valence-electron chi connectivity index (χ3n) is 3.41. The van der Waals surface area contributed by atoms with Crippen LogP contribution in [0.15, 0.2) is 48.0 Å². The molecule has 0 saturated heterocycles. The van der Waals surface area contributed by atoms with Crippen molar-refractivity contribution >= 4 is 28.4 Å². The Morgan fingerprint density at radius 1 is 1.14 bits per heavy atom. The van der Waals surface area contributed by atoms with E-state index in [2.05, 4.69) is 60.5 Å². The monoisotopic (exact) mass is 314 g/mol. The van der Waals surface area contributed by atoms with Crippen molar-refractivity contribution in [3.8, 4) is 10.6 Å². The van der Waals surface area contributed by atoms with Crippen molar-refractivity contribution in [2.75, 3.05) is 5.32 Å². The molecule has 108 valence electrons. The second-order valence-electron chi connectivity index (χ2n) is 4.94. The third-order valence-corrected chi connectivity index (χ3v) is 5.64. The van der Waals surface area contributed by atoms with Crippen LogP contribution in [0.3, 0.4) is 0 Å². The van der Waals surface area contributed by atoms with Gasteiger partial charge in [-0.25, -0.2) is 4.98 Å². The lowest BCUT2D eigenvalue weighted by Gasteiger charge is -2.14. The zero-order valence-electron chi connectivity index (χ0n) is 12.2. The summed E-state index contributed by atoms with van der Waals surface area (Å²) in [5.74, 6) is 0. The van der Waals surface area contributed by atoms with Gasteiger partial charge >= 0.3 is 0 Å². The Labute approximate surface area is 133 Å². The van der Waals surface area contributed by atoms with Crippen LogP contribution in [-0.2, 0) is 6.42 Å². The molecular weight excluding hydrogens is 296 g/mol. The summed E-state index contributed by atoms with van der Waals surface area (Å²) in [5, 5.41) is 6.64. The zero-order valence-corrected chi connectivity index (χ0v) is 13.8. The Hall–Kier alpha value is -1.65. The highest BCUT2D eigenvalue weighted by atomic mass is 32.1. The highest BCUT2D eigenvalue weighted by Gasteiger charge is 2.08. The first-order valence-corrected chi connectivity index (χ1v) is 8.81. The first kappa shape index (κ1) is 14.3. The number of nitrogens with one attached hydrogen (secondary N) is 1. The second kappa shape index (κ2) is 6.41. The predicted molar refractivity (Wildman–Crippen MR) is 93.3 cm³/mol. The molecule has 3 aromatic rings. The maximum absolute atomic E-state index is 4.34. The predicted octanol–water partition coefficient (Wildman–Crippen LogP) is 5.61. The van der Waals surface area contributed by atoms with Gasteiger partial charge in [0.2, 0.25) is 0 Å². The average molecular weight is 314 g/mol. The lowest BCUT2D eigenvalue weighted by atomic mass is 10.2. The van der Waals surface area contributed by atoms with Crippen LogP contribution in [0.1, 0.15) is 29.6 Å². The normalized spacial score (nSPS) is 12.3. The van der Waals surface area contributed by atoms with Gasteiger partial charge in [0, 0.05) is 32.6 Å². The largest absolute Gasteiger partial charge is 0.378 e. The van der Waals surface area contributed by atoms with E-state index in [1.807, 2.05) is 22.9 Å². The number of rotatable bonds is 5. The summed E-state index contributed by atoms with van der Waals surface area (Å²) in [7, 11) is 0. The van der Waals surface area contributed by atoms with Gasteiger partial charge in [-0.1, -0.05) is 6.92 Å². The van der Waals surface area contributed by atoms with Crippen LogP contribution in [-0.4, -0.2) is 4.98 Å². The highest BCUT2D eigenvalue weighted by molar-refractivity contribution is 7.13. The minimum absolute atomic E-state index is 0.334. The van der Waals surface area contributed by atoms with Crippen LogP contribution in [0.5, 0.6) is 0 Å². The van der Waals surface area contributed by atoms with E-state index in [0.29, 0.717) is 6.04 Å². The molecule has 1 atom stereocenters. The first-order valence-electron chi connectivity index (χ1n) is 7.11. The smallest absolute Gasteiger partial charge is 0.123 e. The Kier molecular flexibility index (Phi) is 4.36. The summed E-state index contributed by atoms with van der Waals surface area (Å²) in [6, 6.07) is 13.3. The molecule has 0 fully saturated rings. The van der Waals surface area contributed by atoms with E-state index >= 15 is 0 Å². The van der Waals surface area contributed by atoms with Crippen LogP contribution in [0.25, 0.3) is 10.6 Å². The fourth-order valence-corrected chi connectivity index (χ4v) is 3.81. The van der Waals surface area contributed by atoms with Crippen LogP contribution >= 0.6 is 22.7 Å². The average Bonchev–Trinajstić information content (AvgIpc) is 3.19. The van der Waals surface area contributed by atoms with Crippen LogP contribution in [0, 0.1) is 0 Å². The molecule has 21 heavy (non-hydrogen) atoms. The van der Waals surface area contributed by atoms with Gasteiger partial charge in [0.1, 0.15) is 5.01 Å². The fourth-order valence-electron chi connectivity index (χ4n) is 2.21. The minimum Gasteiger partial charge on any atom is -0.378 e. The molecule has 0 spiro atoms. The van der Waals surface area contributed by atoms with Gasteiger partial charge in [-0.15, -0.1) is 22.7 Å². The third kappa shape index (κ3) is 3.34. The van der Waals surface area contributed by atoms with E-state index < -0.39 is 0 Å². The Morgan fingerprint density at radius 3 is 2.57 bits per heavy atom. The van der Waals surface area contributed by atoms with E-state index in [0.717, 1.165) is 17.1 Å². The van der Waals surface area contributed by atoms with Crippen molar-refractivity contribution < 1.29 is 0 Å². The number of aromatic nitrogens is 1. The molecule has 1 N–H and O–H groups in total. The van der Waals surface area contributed by atoms with Gasteiger partial charge < -0.3 is 5.32 Å².